The zero-order chi connectivity index (χ0) is 13.9. The lowest BCUT2D eigenvalue weighted by atomic mass is 10.3. The van der Waals surface area contributed by atoms with Crippen LogP contribution < -0.4 is 4.52 Å². The molecule has 0 saturated heterocycles. The summed E-state index contributed by atoms with van der Waals surface area (Å²) in [4.78, 5) is 0. The molecule has 1 aromatic rings. The predicted molar refractivity (Wildman–Crippen MR) is 87.8 cm³/mol. The lowest BCUT2D eigenvalue weighted by Crippen LogP contribution is -1.98. The number of unbranched alkanes of at least 4 members (excludes halogenated alkanes) is 4. The van der Waals surface area contributed by atoms with E-state index in [1.165, 1.54) is 50.8 Å². The number of benzene rings is 1. The molecule has 0 N–H and O–H groups in total. The standard InChI is InChI=1S/C16H26ClOP/c1-3-5-9-13-19(14-10-6-4-2)18-16-12-8-7-11-15(16)17/h7-8,11-12H,3-6,9-10,13-14H2,1-2H3. The van der Waals surface area contributed by atoms with Crippen LogP contribution in [0.5, 0.6) is 5.75 Å². The SMILES string of the molecule is CCCCCP(CCCCC)Oc1ccccc1Cl. The molecule has 1 rings (SSSR count). The molecule has 0 bridgehead atoms. The van der Waals surface area contributed by atoms with Gasteiger partial charge in [0.25, 0.3) is 0 Å². The van der Waals surface area contributed by atoms with E-state index in [1.807, 2.05) is 24.3 Å². The van der Waals surface area contributed by atoms with Gasteiger partial charge in [-0.25, -0.2) is 0 Å². The fourth-order valence-electron chi connectivity index (χ4n) is 1.94. The molecule has 0 atom stereocenters. The zero-order valence-corrected chi connectivity index (χ0v) is 13.9. The van der Waals surface area contributed by atoms with Gasteiger partial charge in [0, 0.05) is 12.3 Å². The maximum atomic E-state index is 6.18. The van der Waals surface area contributed by atoms with Crippen molar-refractivity contribution in [3.63, 3.8) is 0 Å². The number of rotatable bonds is 10. The van der Waals surface area contributed by atoms with E-state index in [1.54, 1.807) is 0 Å². The summed E-state index contributed by atoms with van der Waals surface area (Å²) in [7, 11) is -0.361. The number of para-hydroxylation sites is 1. The summed E-state index contributed by atoms with van der Waals surface area (Å²) in [5, 5.41) is 0.737. The first-order valence-electron chi connectivity index (χ1n) is 7.45. The van der Waals surface area contributed by atoms with Crippen molar-refractivity contribution in [2.24, 2.45) is 0 Å². The molecule has 0 amide bonds. The Hall–Kier alpha value is -0.260. The summed E-state index contributed by atoms with van der Waals surface area (Å²) in [6, 6.07) is 7.83. The van der Waals surface area contributed by atoms with Crippen molar-refractivity contribution in [1.29, 1.82) is 0 Å². The minimum Gasteiger partial charge on any atom is -0.473 e. The van der Waals surface area contributed by atoms with Gasteiger partial charge in [-0.1, -0.05) is 63.3 Å². The molecule has 108 valence electrons. The van der Waals surface area contributed by atoms with Crippen LogP contribution in [0.3, 0.4) is 0 Å². The molecular formula is C16H26ClOP. The first-order chi connectivity index (χ1) is 9.27. The highest BCUT2D eigenvalue weighted by atomic mass is 35.5. The highest BCUT2D eigenvalue weighted by Gasteiger charge is 2.12. The van der Waals surface area contributed by atoms with Gasteiger partial charge in [0.2, 0.25) is 0 Å². The molecule has 0 unspecified atom stereocenters. The minimum atomic E-state index is -0.361. The predicted octanol–water partition coefficient (Wildman–Crippen LogP) is 6.50. The molecular weight excluding hydrogens is 275 g/mol. The third-order valence-electron chi connectivity index (χ3n) is 3.09. The maximum absolute atomic E-state index is 6.18. The van der Waals surface area contributed by atoms with Crippen LogP contribution in [-0.2, 0) is 0 Å². The first-order valence-corrected chi connectivity index (χ1v) is 9.46. The molecule has 0 aliphatic heterocycles. The molecule has 0 saturated carbocycles. The smallest absolute Gasteiger partial charge is 0.141 e. The van der Waals surface area contributed by atoms with E-state index in [-0.39, 0.29) is 8.15 Å². The molecule has 0 fully saturated rings. The van der Waals surface area contributed by atoms with E-state index < -0.39 is 0 Å². The minimum absolute atomic E-state index is 0.361. The summed E-state index contributed by atoms with van der Waals surface area (Å²) >= 11 is 6.18. The molecule has 1 aromatic carbocycles. The third kappa shape index (κ3) is 7.18. The molecule has 1 nitrogen and oxygen atoms in total. The van der Waals surface area contributed by atoms with Gasteiger partial charge in [-0.2, -0.15) is 0 Å². The first kappa shape index (κ1) is 16.8. The van der Waals surface area contributed by atoms with Crippen LogP contribution in [-0.4, -0.2) is 12.3 Å². The van der Waals surface area contributed by atoms with Crippen molar-refractivity contribution in [1.82, 2.24) is 0 Å². The molecule has 0 spiro atoms. The Morgan fingerprint density at radius 1 is 0.947 bits per heavy atom. The van der Waals surface area contributed by atoms with Crippen LogP contribution in [0.25, 0.3) is 0 Å². The Morgan fingerprint density at radius 2 is 1.53 bits per heavy atom. The van der Waals surface area contributed by atoms with Crippen LogP contribution in [0.1, 0.15) is 52.4 Å². The Kier molecular flexibility index (Phi) is 9.30. The summed E-state index contributed by atoms with van der Waals surface area (Å²) < 4.78 is 6.17. The lowest BCUT2D eigenvalue weighted by Gasteiger charge is -2.19. The summed E-state index contributed by atoms with van der Waals surface area (Å²) in [5.74, 6) is 0.864. The highest BCUT2D eigenvalue weighted by molar-refractivity contribution is 7.52. The Bertz CT molecular complexity index is 333. The molecule has 3 heteroatoms. The van der Waals surface area contributed by atoms with Gasteiger partial charge in [-0.3, -0.25) is 0 Å². The molecule has 0 aromatic heterocycles. The quantitative estimate of drug-likeness (QED) is 0.354. The van der Waals surface area contributed by atoms with Gasteiger partial charge in [0.1, 0.15) is 5.75 Å². The van der Waals surface area contributed by atoms with E-state index in [0.717, 1.165) is 10.8 Å². The average molecular weight is 301 g/mol. The Morgan fingerprint density at radius 3 is 2.05 bits per heavy atom. The third-order valence-corrected chi connectivity index (χ3v) is 5.48. The van der Waals surface area contributed by atoms with Crippen molar-refractivity contribution in [2.45, 2.75) is 52.4 Å². The van der Waals surface area contributed by atoms with Crippen LogP contribution >= 0.6 is 19.7 Å². The summed E-state index contributed by atoms with van der Waals surface area (Å²) in [5.41, 5.74) is 0. The summed E-state index contributed by atoms with van der Waals surface area (Å²) in [6.45, 7) is 4.49. The monoisotopic (exact) mass is 300 g/mol. The maximum Gasteiger partial charge on any atom is 0.141 e. The van der Waals surface area contributed by atoms with Gasteiger partial charge in [-0.15, -0.1) is 0 Å². The van der Waals surface area contributed by atoms with Crippen LogP contribution in [0.4, 0.5) is 0 Å². The van der Waals surface area contributed by atoms with Crippen LogP contribution in [0, 0.1) is 0 Å². The number of hydrogen-bond donors (Lipinski definition) is 0. The van der Waals surface area contributed by atoms with Gasteiger partial charge in [0.15, 0.2) is 0 Å². The zero-order valence-electron chi connectivity index (χ0n) is 12.2. The second-order valence-corrected chi connectivity index (χ2v) is 7.31. The largest absolute Gasteiger partial charge is 0.473 e. The van der Waals surface area contributed by atoms with E-state index in [4.69, 9.17) is 16.1 Å². The van der Waals surface area contributed by atoms with E-state index in [0.29, 0.717) is 0 Å². The second-order valence-electron chi connectivity index (χ2n) is 4.86. The van der Waals surface area contributed by atoms with Crippen molar-refractivity contribution in [2.75, 3.05) is 12.3 Å². The van der Waals surface area contributed by atoms with Gasteiger partial charge >= 0.3 is 0 Å². The molecule has 19 heavy (non-hydrogen) atoms. The van der Waals surface area contributed by atoms with Crippen molar-refractivity contribution in [3.05, 3.63) is 29.3 Å². The van der Waals surface area contributed by atoms with E-state index in [9.17, 15) is 0 Å². The topological polar surface area (TPSA) is 9.23 Å². The second kappa shape index (κ2) is 10.5. The fourth-order valence-corrected chi connectivity index (χ4v) is 4.16. The Labute approximate surface area is 124 Å². The molecule has 0 aliphatic carbocycles. The van der Waals surface area contributed by atoms with Crippen molar-refractivity contribution in [3.8, 4) is 5.75 Å². The number of halogens is 1. The van der Waals surface area contributed by atoms with Crippen molar-refractivity contribution >= 4 is 19.7 Å². The van der Waals surface area contributed by atoms with Gasteiger partial charge in [-0.05, 0) is 25.0 Å². The fraction of sp³-hybridized carbons (Fsp3) is 0.625. The van der Waals surface area contributed by atoms with E-state index >= 15 is 0 Å². The van der Waals surface area contributed by atoms with Crippen LogP contribution in [0.15, 0.2) is 24.3 Å². The lowest BCUT2D eigenvalue weighted by molar-refractivity contribution is 0.600. The normalized spacial score (nSPS) is 10.9. The Balaban J connectivity index is 2.49. The average Bonchev–Trinajstić information content (AvgIpc) is 2.41. The van der Waals surface area contributed by atoms with Crippen molar-refractivity contribution < 1.29 is 4.52 Å². The van der Waals surface area contributed by atoms with E-state index in [2.05, 4.69) is 13.8 Å². The van der Waals surface area contributed by atoms with Crippen LogP contribution in [0.2, 0.25) is 5.02 Å². The highest BCUT2D eigenvalue weighted by Crippen LogP contribution is 2.42. The number of hydrogen-bond acceptors (Lipinski definition) is 1. The molecule has 0 aliphatic rings. The molecule has 0 radical (unpaired) electrons. The summed E-state index contributed by atoms with van der Waals surface area (Å²) in [6.07, 6.45) is 10.1. The molecule has 0 heterocycles. The van der Waals surface area contributed by atoms with Gasteiger partial charge in [0.05, 0.1) is 13.2 Å². The van der Waals surface area contributed by atoms with Gasteiger partial charge < -0.3 is 4.52 Å².